The molecule has 0 N–H and O–H groups in total. The summed E-state index contributed by atoms with van der Waals surface area (Å²) >= 11 is 8.07. The summed E-state index contributed by atoms with van der Waals surface area (Å²) in [7, 11) is 0. The second-order valence-corrected chi connectivity index (χ2v) is 7.67. The molecule has 0 aromatic carbocycles. The monoisotopic (exact) mass is 298 g/mol. The predicted octanol–water partition coefficient (Wildman–Crippen LogP) is 3.40. The molecule has 2 rings (SSSR count). The summed E-state index contributed by atoms with van der Waals surface area (Å²) in [6, 6.07) is 1.74. The number of carbonyl (C=O) groups excluding carboxylic acids is 1. The van der Waals surface area contributed by atoms with E-state index in [0.717, 1.165) is 31.0 Å². The Morgan fingerprint density at radius 2 is 2.21 bits per heavy atom. The Morgan fingerprint density at radius 3 is 2.89 bits per heavy atom. The summed E-state index contributed by atoms with van der Waals surface area (Å²) in [5, 5.41) is 0.494. The third kappa shape index (κ3) is 3.63. The molecule has 1 amide bonds. The maximum atomic E-state index is 12.5. The Bertz CT molecular complexity index is 490. The Kier molecular flexibility index (Phi) is 4.41. The van der Waals surface area contributed by atoms with E-state index in [0.29, 0.717) is 10.6 Å². The van der Waals surface area contributed by atoms with Crippen LogP contribution in [0.1, 0.15) is 36.3 Å². The van der Waals surface area contributed by atoms with Crippen LogP contribution < -0.4 is 0 Å². The van der Waals surface area contributed by atoms with Crippen LogP contribution >= 0.6 is 23.4 Å². The van der Waals surface area contributed by atoms with Crippen molar-refractivity contribution in [3.63, 3.8) is 0 Å². The molecule has 1 aromatic rings. The zero-order chi connectivity index (χ0) is 14.0. The van der Waals surface area contributed by atoms with Gasteiger partial charge < -0.3 is 4.90 Å². The second-order valence-electron chi connectivity index (χ2n) is 5.46. The lowest BCUT2D eigenvalue weighted by Gasteiger charge is -2.23. The Morgan fingerprint density at radius 1 is 1.47 bits per heavy atom. The van der Waals surface area contributed by atoms with E-state index in [1.165, 1.54) is 0 Å². The molecule has 1 aliphatic heterocycles. The third-order valence-electron chi connectivity index (χ3n) is 3.35. The molecule has 104 valence electrons. The van der Waals surface area contributed by atoms with Gasteiger partial charge in [-0.3, -0.25) is 9.78 Å². The van der Waals surface area contributed by atoms with Gasteiger partial charge in [-0.25, -0.2) is 0 Å². The van der Waals surface area contributed by atoms with Gasteiger partial charge in [0.2, 0.25) is 0 Å². The molecule has 3 nitrogen and oxygen atoms in total. The van der Waals surface area contributed by atoms with Crippen molar-refractivity contribution < 1.29 is 4.79 Å². The van der Waals surface area contributed by atoms with Gasteiger partial charge in [-0.15, -0.1) is 0 Å². The molecule has 19 heavy (non-hydrogen) atoms. The molecule has 0 atom stereocenters. The van der Waals surface area contributed by atoms with E-state index in [1.807, 2.05) is 23.6 Å². The minimum absolute atomic E-state index is 0.00389. The van der Waals surface area contributed by atoms with Crippen LogP contribution in [0.15, 0.2) is 12.3 Å². The molecule has 5 heteroatoms. The van der Waals surface area contributed by atoms with E-state index in [2.05, 4.69) is 18.8 Å². The highest BCUT2D eigenvalue weighted by Crippen LogP contribution is 2.31. The van der Waals surface area contributed by atoms with E-state index in [4.69, 9.17) is 11.6 Å². The van der Waals surface area contributed by atoms with Gasteiger partial charge in [0, 0.05) is 35.5 Å². The zero-order valence-electron chi connectivity index (χ0n) is 11.6. The maximum absolute atomic E-state index is 12.5. The van der Waals surface area contributed by atoms with E-state index >= 15 is 0 Å². The van der Waals surface area contributed by atoms with Crippen molar-refractivity contribution in [1.82, 2.24) is 9.88 Å². The molecule has 0 radical (unpaired) electrons. The molecule has 0 aliphatic carbocycles. The van der Waals surface area contributed by atoms with Crippen LogP contribution in [0.5, 0.6) is 0 Å². The number of pyridine rings is 1. The molecule has 0 saturated carbocycles. The van der Waals surface area contributed by atoms with E-state index in [-0.39, 0.29) is 10.7 Å². The first kappa shape index (κ1) is 14.7. The number of amides is 1. The smallest absolute Gasteiger partial charge is 0.256 e. The normalized spacial score (nSPS) is 19.1. The summed E-state index contributed by atoms with van der Waals surface area (Å²) in [6.45, 7) is 7.88. The number of thioether (sulfide) groups is 1. The molecule has 1 aromatic heterocycles. The Labute approximate surface area is 123 Å². The van der Waals surface area contributed by atoms with Crippen molar-refractivity contribution in [3.8, 4) is 0 Å². The standard InChI is InChI=1S/C14H19ClN2OS/c1-10-8-12(15)11(9-16-10)13(18)17-5-4-14(2,3)19-7-6-17/h8-9H,4-7H2,1-3H3. The van der Waals surface area contributed by atoms with Gasteiger partial charge >= 0.3 is 0 Å². The molecular weight excluding hydrogens is 280 g/mol. The van der Waals surface area contributed by atoms with Crippen LogP contribution in [-0.4, -0.2) is 39.4 Å². The molecular formula is C14H19ClN2OS. The third-order valence-corrected chi connectivity index (χ3v) is 5.03. The molecule has 2 heterocycles. The minimum Gasteiger partial charge on any atom is -0.338 e. The lowest BCUT2D eigenvalue weighted by atomic mass is 10.1. The number of rotatable bonds is 1. The molecule has 1 fully saturated rings. The van der Waals surface area contributed by atoms with Crippen LogP contribution in [0.25, 0.3) is 0 Å². The van der Waals surface area contributed by atoms with Crippen molar-refractivity contribution >= 4 is 29.3 Å². The van der Waals surface area contributed by atoms with Crippen molar-refractivity contribution in [3.05, 3.63) is 28.5 Å². The number of halogens is 1. The summed E-state index contributed by atoms with van der Waals surface area (Å²) in [5.74, 6) is 0.964. The Hall–Kier alpha value is -0.740. The van der Waals surface area contributed by atoms with Gasteiger partial charge in [0.05, 0.1) is 10.6 Å². The fraction of sp³-hybridized carbons (Fsp3) is 0.571. The molecule has 1 aliphatic rings. The van der Waals surface area contributed by atoms with Crippen LogP contribution in [0.3, 0.4) is 0 Å². The van der Waals surface area contributed by atoms with Crippen molar-refractivity contribution in [1.29, 1.82) is 0 Å². The topological polar surface area (TPSA) is 33.2 Å². The summed E-state index contributed by atoms with van der Waals surface area (Å²) in [6.07, 6.45) is 2.59. The van der Waals surface area contributed by atoms with Crippen LogP contribution in [0, 0.1) is 6.92 Å². The summed E-state index contributed by atoms with van der Waals surface area (Å²) in [5.41, 5.74) is 1.34. The largest absolute Gasteiger partial charge is 0.338 e. The summed E-state index contributed by atoms with van der Waals surface area (Å²) < 4.78 is 0.240. The highest BCUT2D eigenvalue weighted by atomic mass is 35.5. The lowest BCUT2D eigenvalue weighted by molar-refractivity contribution is 0.0764. The number of aryl methyl sites for hydroxylation is 1. The van der Waals surface area contributed by atoms with Crippen LogP contribution in [0.2, 0.25) is 5.02 Å². The first-order chi connectivity index (χ1) is 8.89. The second kappa shape index (κ2) is 5.71. The van der Waals surface area contributed by atoms with Gasteiger partial charge in [0.25, 0.3) is 5.91 Å². The van der Waals surface area contributed by atoms with E-state index in [1.54, 1.807) is 12.3 Å². The number of hydrogen-bond donors (Lipinski definition) is 0. The van der Waals surface area contributed by atoms with Gasteiger partial charge in [0.15, 0.2) is 0 Å². The fourth-order valence-corrected chi connectivity index (χ4v) is 3.46. The zero-order valence-corrected chi connectivity index (χ0v) is 13.1. The van der Waals surface area contributed by atoms with Crippen molar-refractivity contribution in [2.45, 2.75) is 31.9 Å². The first-order valence-corrected chi connectivity index (χ1v) is 7.81. The average molecular weight is 299 g/mol. The number of aromatic nitrogens is 1. The molecule has 1 saturated heterocycles. The average Bonchev–Trinajstić information content (AvgIpc) is 2.49. The van der Waals surface area contributed by atoms with Crippen molar-refractivity contribution in [2.75, 3.05) is 18.8 Å². The fourth-order valence-electron chi connectivity index (χ4n) is 2.08. The number of carbonyl (C=O) groups is 1. The minimum atomic E-state index is -0.00389. The SMILES string of the molecule is Cc1cc(Cl)c(C(=O)N2CCSC(C)(C)CC2)cn1. The predicted molar refractivity (Wildman–Crippen MR) is 81.0 cm³/mol. The van der Waals surface area contributed by atoms with Gasteiger partial charge in [-0.2, -0.15) is 11.8 Å². The summed E-state index contributed by atoms with van der Waals surface area (Å²) in [4.78, 5) is 18.5. The first-order valence-electron chi connectivity index (χ1n) is 6.44. The van der Waals surface area contributed by atoms with Gasteiger partial charge in [0.1, 0.15) is 0 Å². The quantitative estimate of drug-likeness (QED) is 0.797. The highest BCUT2D eigenvalue weighted by molar-refractivity contribution is 8.00. The highest BCUT2D eigenvalue weighted by Gasteiger charge is 2.27. The van der Waals surface area contributed by atoms with Crippen LogP contribution in [-0.2, 0) is 0 Å². The van der Waals surface area contributed by atoms with Crippen molar-refractivity contribution in [2.24, 2.45) is 0 Å². The van der Waals surface area contributed by atoms with Gasteiger partial charge in [-0.1, -0.05) is 25.4 Å². The number of nitrogens with zero attached hydrogens (tertiary/aromatic N) is 2. The lowest BCUT2D eigenvalue weighted by Crippen LogP contribution is -2.33. The van der Waals surface area contributed by atoms with E-state index < -0.39 is 0 Å². The van der Waals surface area contributed by atoms with E-state index in [9.17, 15) is 4.79 Å². The number of hydrogen-bond acceptors (Lipinski definition) is 3. The maximum Gasteiger partial charge on any atom is 0.256 e. The van der Waals surface area contributed by atoms with Gasteiger partial charge in [-0.05, 0) is 19.4 Å². The molecule has 0 spiro atoms. The molecule has 0 bridgehead atoms. The molecule has 0 unspecified atom stereocenters. The Balaban J connectivity index is 2.15. The van der Waals surface area contributed by atoms with Crippen LogP contribution in [0.4, 0.5) is 0 Å².